The van der Waals surface area contributed by atoms with Crippen LogP contribution in [0.5, 0.6) is 11.5 Å². The van der Waals surface area contributed by atoms with E-state index in [9.17, 15) is 23.1 Å². The van der Waals surface area contributed by atoms with Crippen molar-refractivity contribution >= 4 is 6.09 Å². The first kappa shape index (κ1) is 27.4. The van der Waals surface area contributed by atoms with Gasteiger partial charge in [0.2, 0.25) is 0 Å². The van der Waals surface area contributed by atoms with Gasteiger partial charge in [0, 0.05) is 38.6 Å². The average Bonchev–Trinajstić information content (AvgIpc) is 2.76. The molecule has 1 N–H and O–H groups in total. The standard InChI is InChI=1S/C25H37F3N2O5/c1-23(2,3)35-22(31)30-14-12-29(13-15-30)17-19(24(32)10-6-5-7-11-24)18-8-9-20(33-4)21(16-18)34-25(26,27)28/h8-9,16,19,32H,5-7,10-15,17H2,1-4H3. The minimum absolute atomic E-state index is 0.0218. The van der Waals surface area contributed by atoms with Gasteiger partial charge in [-0.25, -0.2) is 4.79 Å². The Hall–Kier alpha value is -2.20. The van der Waals surface area contributed by atoms with Crippen molar-refractivity contribution < 1.29 is 37.3 Å². The summed E-state index contributed by atoms with van der Waals surface area (Å²) < 4.78 is 53.8. The molecule has 1 saturated carbocycles. The summed E-state index contributed by atoms with van der Waals surface area (Å²) in [4.78, 5) is 16.2. The van der Waals surface area contributed by atoms with Gasteiger partial charge in [0.25, 0.3) is 0 Å². The maximum Gasteiger partial charge on any atom is 0.573 e. The molecule has 1 atom stereocenters. The van der Waals surface area contributed by atoms with Crippen molar-refractivity contribution in [2.75, 3.05) is 39.8 Å². The van der Waals surface area contributed by atoms with Crippen molar-refractivity contribution in [1.29, 1.82) is 0 Å². The van der Waals surface area contributed by atoms with Crippen LogP contribution < -0.4 is 9.47 Å². The number of aliphatic hydroxyl groups is 1. The molecule has 0 aromatic heterocycles. The Labute approximate surface area is 205 Å². The van der Waals surface area contributed by atoms with Crippen LogP contribution in [0.25, 0.3) is 0 Å². The van der Waals surface area contributed by atoms with E-state index in [-0.39, 0.29) is 11.8 Å². The van der Waals surface area contributed by atoms with Gasteiger partial charge in [0.15, 0.2) is 11.5 Å². The lowest BCUT2D eigenvalue weighted by atomic mass is 9.72. The van der Waals surface area contributed by atoms with Gasteiger partial charge in [-0.1, -0.05) is 25.3 Å². The van der Waals surface area contributed by atoms with Crippen LogP contribution in [0.1, 0.15) is 64.4 Å². The summed E-state index contributed by atoms with van der Waals surface area (Å²) in [6, 6.07) is 4.49. The van der Waals surface area contributed by atoms with Gasteiger partial charge in [0.05, 0.1) is 12.7 Å². The number of benzene rings is 1. The van der Waals surface area contributed by atoms with Crippen LogP contribution in [0.3, 0.4) is 0 Å². The van der Waals surface area contributed by atoms with E-state index in [1.807, 2.05) is 20.8 Å². The Morgan fingerprint density at radius 3 is 2.23 bits per heavy atom. The van der Waals surface area contributed by atoms with Crippen LogP contribution in [-0.2, 0) is 4.74 Å². The third kappa shape index (κ3) is 7.64. The first-order chi connectivity index (χ1) is 16.3. The van der Waals surface area contributed by atoms with Gasteiger partial charge in [-0.05, 0) is 51.3 Å². The van der Waals surface area contributed by atoms with Crippen LogP contribution >= 0.6 is 0 Å². The van der Waals surface area contributed by atoms with E-state index in [1.165, 1.54) is 19.2 Å². The quantitative estimate of drug-likeness (QED) is 0.595. The second kappa shape index (κ2) is 10.8. The summed E-state index contributed by atoms with van der Waals surface area (Å²) in [5.74, 6) is -0.861. The number of ether oxygens (including phenoxy) is 3. The number of amides is 1. The molecule has 0 radical (unpaired) electrons. The molecule has 198 valence electrons. The molecule has 1 aliphatic carbocycles. The molecule has 1 unspecified atom stereocenters. The van der Waals surface area contributed by atoms with E-state index in [4.69, 9.17) is 9.47 Å². The molecule has 35 heavy (non-hydrogen) atoms. The Morgan fingerprint density at radius 1 is 1.06 bits per heavy atom. The molecule has 10 heteroatoms. The van der Waals surface area contributed by atoms with Crippen LogP contribution in [0.15, 0.2) is 18.2 Å². The highest BCUT2D eigenvalue weighted by Gasteiger charge is 2.41. The van der Waals surface area contributed by atoms with Crippen LogP contribution in [-0.4, -0.2) is 78.4 Å². The number of alkyl halides is 3. The van der Waals surface area contributed by atoms with Crippen molar-refractivity contribution in [3.8, 4) is 11.5 Å². The van der Waals surface area contributed by atoms with E-state index in [1.54, 1.807) is 11.0 Å². The zero-order chi connectivity index (χ0) is 25.9. The molecule has 1 aromatic rings. The highest BCUT2D eigenvalue weighted by Crippen LogP contribution is 2.43. The van der Waals surface area contributed by atoms with Crippen LogP contribution in [0, 0.1) is 0 Å². The van der Waals surface area contributed by atoms with E-state index in [0.717, 1.165) is 19.3 Å². The summed E-state index contributed by atoms with van der Waals surface area (Å²) in [5.41, 5.74) is -1.04. The van der Waals surface area contributed by atoms with Gasteiger partial charge in [-0.2, -0.15) is 0 Å². The number of hydrogen-bond donors (Lipinski definition) is 1. The summed E-state index contributed by atoms with van der Waals surface area (Å²) in [6.07, 6.45) is -1.31. The molecule has 1 saturated heterocycles. The largest absolute Gasteiger partial charge is 0.573 e. The highest BCUT2D eigenvalue weighted by molar-refractivity contribution is 5.68. The summed E-state index contributed by atoms with van der Waals surface area (Å²) in [7, 11) is 1.29. The Kier molecular flexibility index (Phi) is 8.47. The van der Waals surface area contributed by atoms with Crippen molar-refractivity contribution in [1.82, 2.24) is 9.80 Å². The molecular formula is C25H37F3N2O5. The topological polar surface area (TPSA) is 71.5 Å². The number of methoxy groups -OCH3 is 1. The lowest BCUT2D eigenvalue weighted by Crippen LogP contribution is -2.52. The van der Waals surface area contributed by atoms with Crippen molar-refractivity contribution in [3.63, 3.8) is 0 Å². The molecule has 1 heterocycles. The molecule has 1 aliphatic heterocycles. The minimum atomic E-state index is -4.86. The first-order valence-electron chi connectivity index (χ1n) is 12.2. The van der Waals surface area contributed by atoms with E-state index >= 15 is 0 Å². The molecule has 1 amide bonds. The molecule has 3 rings (SSSR count). The fraction of sp³-hybridized carbons (Fsp3) is 0.720. The Morgan fingerprint density at radius 2 is 1.69 bits per heavy atom. The van der Waals surface area contributed by atoms with Crippen LogP contribution in [0.2, 0.25) is 0 Å². The molecular weight excluding hydrogens is 465 g/mol. The summed E-state index contributed by atoms with van der Waals surface area (Å²) in [6.45, 7) is 8.03. The third-order valence-electron chi connectivity index (χ3n) is 6.65. The highest BCUT2D eigenvalue weighted by atomic mass is 19.4. The fourth-order valence-corrected chi connectivity index (χ4v) is 4.91. The second-order valence-electron chi connectivity index (χ2n) is 10.4. The first-order valence-corrected chi connectivity index (χ1v) is 12.2. The molecule has 1 aromatic carbocycles. The van der Waals surface area contributed by atoms with E-state index in [0.29, 0.717) is 51.1 Å². The average molecular weight is 503 g/mol. The smallest absolute Gasteiger partial charge is 0.493 e. The second-order valence-corrected chi connectivity index (χ2v) is 10.4. The fourth-order valence-electron chi connectivity index (χ4n) is 4.91. The minimum Gasteiger partial charge on any atom is -0.493 e. The lowest BCUT2D eigenvalue weighted by Gasteiger charge is -2.43. The van der Waals surface area contributed by atoms with Gasteiger partial charge < -0.3 is 24.2 Å². The summed E-state index contributed by atoms with van der Waals surface area (Å²) in [5, 5.41) is 11.6. The molecule has 0 bridgehead atoms. The predicted octanol–water partition coefficient (Wildman–Crippen LogP) is 4.93. The zero-order valence-electron chi connectivity index (χ0n) is 21.0. The van der Waals surface area contributed by atoms with E-state index < -0.39 is 29.2 Å². The normalized spacial score (nSPS) is 20.3. The van der Waals surface area contributed by atoms with Gasteiger partial charge >= 0.3 is 12.5 Å². The number of halogens is 3. The summed E-state index contributed by atoms with van der Waals surface area (Å²) >= 11 is 0. The Bertz CT molecular complexity index is 858. The number of hydrogen-bond acceptors (Lipinski definition) is 6. The van der Waals surface area contributed by atoms with Crippen molar-refractivity contribution in [2.45, 2.75) is 76.4 Å². The molecule has 7 nitrogen and oxygen atoms in total. The van der Waals surface area contributed by atoms with Crippen molar-refractivity contribution in [3.05, 3.63) is 23.8 Å². The molecule has 2 aliphatic rings. The number of carbonyl (C=O) groups excluding carboxylic acids is 1. The maximum absolute atomic E-state index is 13.0. The maximum atomic E-state index is 13.0. The van der Waals surface area contributed by atoms with Crippen molar-refractivity contribution in [2.24, 2.45) is 0 Å². The van der Waals surface area contributed by atoms with Gasteiger partial charge in [0.1, 0.15) is 5.60 Å². The number of piperazine rings is 1. The number of carbonyl (C=O) groups is 1. The van der Waals surface area contributed by atoms with Crippen LogP contribution in [0.4, 0.5) is 18.0 Å². The SMILES string of the molecule is COc1ccc(C(CN2CCN(C(=O)OC(C)(C)C)CC2)C2(O)CCCCC2)cc1OC(F)(F)F. The number of rotatable bonds is 6. The molecule has 0 spiro atoms. The lowest BCUT2D eigenvalue weighted by molar-refractivity contribution is -0.275. The van der Waals surface area contributed by atoms with Gasteiger partial charge in [-0.15, -0.1) is 13.2 Å². The third-order valence-corrected chi connectivity index (χ3v) is 6.65. The van der Waals surface area contributed by atoms with Gasteiger partial charge in [-0.3, -0.25) is 4.90 Å². The number of nitrogens with zero attached hydrogens (tertiary/aromatic N) is 2. The molecule has 2 fully saturated rings. The zero-order valence-corrected chi connectivity index (χ0v) is 21.0. The Balaban J connectivity index is 1.80. The monoisotopic (exact) mass is 502 g/mol. The predicted molar refractivity (Wildman–Crippen MR) is 125 cm³/mol. The van der Waals surface area contributed by atoms with E-state index in [2.05, 4.69) is 9.64 Å².